The normalized spacial score (nSPS) is 10.6. The minimum atomic E-state index is -0.550. The van der Waals surface area contributed by atoms with Gasteiger partial charge in [-0.2, -0.15) is 0 Å². The Labute approximate surface area is 75.1 Å². The number of amides is 1. The van der Waals surface area contributed by atoms with Crippen LogP contribution < -0.4 is 5.73 Å². The summed E-state index contributed by atoms with van der Waals surface area (Å²) in [6.45, 7) is 1.71. The van der Waals surface area contributed by atoms with Crippen LogP contribution in [0.15, 0.2) is 18.3 Å². The maximum atomic E-state index is 12.6. The highest BCUT2D eigenvalue weighted by Crippen LogP contribution is 2.07. The molecule has 68 valence electrons. The van der Waals surface area contributed by atoms with E-state index >= 15 is 0 Å². The molecule has 0 fully saturated rings. The third-order valence-corrected chi connectivity index (χ3v) is 1.49. The first-order valence-electron chi connectivity index (χ1n) is 3.69. The molecule has 2 N–H and O–H groups in total. The van der Waals surface area contributed by atoms with Gasteiger partial charge in [0.15, 0.2) is 0 Å². The van der Waals surface area contributed by atoms with Crippen LogP contribution in [0.3, 0.4) is 0 Å². The zero-order valence-electron chi connectivity index (χ0n) is 7.12. The van der Waals surface area contributed by atoms with Crippen molar-refractivity contribution in [2.24, 2.45) is 5.73 Å². The maximum Gasteiger partial charge on any atom is 0.241 e. The first kappa shape index (κ1) is 9.38. The van der Waals surface area contributed by atoms with E-state index in [1.807, 2.05) is 0 Å². The van der Waals surface area contributed by atoms with Gasteiger partial charge in [-0.3, -0.25) is 9.78 Å². The number of halogens is 1. The SMILES string of the molecule is Cc1cc(F)cnc1C=CC(N)=O. The Morgan fingerprint density at radius 2 is 2.38 bits per heavy atom. The molecule has 0 aromatic carbocycles. The van der Waals surface area contributed by atoms with Gasteiger partial charge in [0.05, 0.1) is 11.9 Å². The molecule has 1 aromatic heterocycles. The molecule has 0 radical (unpaired) electrons. The maximum absolute atomic E-state index is 12.6. The lowest BCUT2D eigenvalue weighted by molar-refractivity contribution is -0.113. The number of hydrogen-bond donors (Lipinski definition) is 1. The van der Waals surface area contributed by atoms with E-state index in [-0.39, 0.29) is 0 Å². The van der Waals surface area contributed by atoms with Crippen molar-refractivity contribution in [3.8, 4) is 0 Å². The number of aryl methyl sites for hydroxylation is 1. The summed E-state index contributed by atoms with van der Waals surface area (Å²) < 4.78 is 12.6. The fourth-order valence-corrected chi connectivity index (χ4v) is 0.887. The summed E-state index contributed by atoms with van der Waals surface area (Å²) in [7, 11) is 0. The molecule has 0 aliphatic heterocycles. The molecule has 0 saturated heterocycles. The molecule has 0 bridgehead atoms. The summed E-state index contributed by atoms with van der Waals surface area (Å²) >= 11 is 0. The summed E-state index contributed by atoms with van der Waals surface area (Å²) in [4.78, 5) is 14.2. The molecule has 13 heavy (non-hydrogen) atoms. The quantitative estimate of drug-likeness (QED) is 0.691. The largest absolute Gasteiger partial charge is 0.366 e. The van der Waals surface area contributed by atoms with E-state index in [1.165, 1.54) is 18.2 Å². The molecule has 0 aliphatic carbocycles. The Morgan fingerprint density at radius 3 is 2.92 bits per heavy atom. The van der Waals surface area contributed by atoms with Gasteiger partial charge in [-0.1, -0.05) is 0 Å². The second-order valence-corrected chi connectivity index (χ2v) is 2.59. The molecule has 4 heteroatoms. The summed E-state index contributed by atoms with van der Waals surface area (Å²) in [6.07, 6.45) is 3.73. The predicted molar refractivity (Wildman–Crippen MR) is 47.2 cm³/mol. The summed E-state index contributed by atoms with van der Waals surface area (Å²) in [5.74, 6) is -0.945. The van der Waals surface area contributed by atoms with Gasteiger partial charge >= 0.3 is 0 Å². The average Bonchev–Trinajstić information content (AvgIpc) is 2.02. The zero-order valence-corrected chi connectivity index (χ0v) is 7.12. The number of pyridine rings is 1. The standard InChI is InChI=1S/C9H9FN2O/c1-6-4-7(10)5-12-8(6)2-3-9(11)13/h2-5H,1H3,(H2,11,13). The van der Waals surface area contributed by atoms with Crippen LogP contribution in [-0.2, 0) is 4.79 Å². The van der Waals surface area contributed by atoms with Crippen LogP contribution in [-0.4, -0.2) is 10.9 Å². The van der Waals surface area contributed by atoms with Crippen molar-refractivity contribution >= 4 is 12.0 Å². The third kappa shape index (κ3) is 2.66. The Hall–Kier alpha value is -1.71. The van der Waals surface area contributed by atoms with E-state index in [4.69, 9.17) is 5.73 Å². The van der Waals surface area contributed by atoms with E-state index in [1.54, 1.807) is 6.92 Å². The van der Waals surface area contributed by atoms with E-state index in [9.17, 15) is 9.18 Å². The molecule has 1 amide bonds. The lowest BCUT2D eigenvalue weighted by atomic mass is 10.2. The number of rotatable bonds is 2. The van der Waals surface area contributed by atoms with Gasteiger partial charge in [0.1, 0.15) is 5.82 Å². The number of hydrogen-bond acceptors (Lipinski definition) is 2. The van der Waals surface area contributed by atoms with Crippen LogP contribution in [0.4, 0.5) is 4.39 Å². The summed E-state index contributed by atoms with van der Waals surface area (Å²) in [6, 6.07) is 1.34. The number of nitrogens with two attached hydrogens (primary N) is 1. The monoisotopic (exact) mass is 180 g/mol. The highest BCUT2D eigenvalue weighted by Gasteiger charge is 1.97. The van der Waals surface area contributed by atoms with Crippen LogP contribution in [0.1, 0.15) is 11.3 Å². The Balaban J connectivity index is 2.96. The topological polar surface area (TPSA) is 56.0 Å². The molecule has 0 saturated carbocycles. The van der Waals surface area contributed by atoms with Crippen molar-refractivity contribution in [1.82, 2.24) is 4.98 Å². The number of primary amides is 1. The average molecular weight is 180 g/mol. The van der Waals surface area contributed by atoms with Gasteiger partial charge in [-0.25, -0.2) is 4.39 Å². The predicted octanol–water partition coefficient (Wildman–Crippen LogP) is 1.03. The smallest absolute Gasteiger partial charge is 0.241 e. The van der Waals surface area contributed by atoms with Crippen molar-refractivity contribution in [3.63, 3.8) is 0 Å². The van der Waals surface area contributed by atoms with Crippen LogP contribution in [0, 0.1) is 12.7 Å². The fourth-order valence-electron chi connectivity index (χ4n) is 0.887. The van der Waals surface area contributed by atoms with Gasteiger partial charge < -0.3 is 5.73 Å². The second-order valence-electron chi connectivity index (χ2n) is 2.59. The molecule has 0 unspecified atom stereocenters. The van der Waals surface area contributed by atoms with E-state index in [0.29, 0.717) is 11.3 Å². The highest BCUT2D eigenvalue weighted by molar-refractivity contribution is 5.90. The molecular formula is C9H9FN2O. The van der Waals surface area contributed by atoms with Gasteiger partial charge in [-0.05, 0) is 24.6 Å². The molecule has 3 nitrogen and oxygen atoms in total. The number of nitrogens with zero attached hydrogens (tertiary/aromatic N) is 1. The Kier molecular flexibility index (Phi) is 2.74. The van der Waals surface area contributed by atoms with Gasteiger partial charge in [-0.15, -0.1) is 0 Å². The summed E-state index contributed by atoms with van der Waals surface area (Å²) in [5, 5.41) is 0. The van der Waals surface area contributed by atoms with Crippen LogP contribution in [0.25, 0.3) is 6.08 Å². The molecular weight excluding hydrogens is 171 g/mol. The zero-order chi connectivity index (χ0) is 9.84. The number of carbonyl (C=O) groups is 1. The Bertz CT molecular complexity index is 361. The summed E-state index contributed by atoms with van der Waals surface area (Å²) in [5.41, 5.74) is 6.10. The van der Waals surface area contributed by atoms with Gasteiger partial charge in [0.2, 0.25) is 5.91 Å². The third-order valence-electron chi connectivity index (χ3n) is 1.49. The van der Waals surface area contributed by atoms with Crippen molar-refractivity contribution in [2.45, 2.75) is 6.92 Å². The van der Waals surface area contributed by atoms with Gasteiger partial charge in [0, 0.05) is 6.08 Å². The first-order chi connectivity index (χ1) is 6.09. The van der Waals surface area contributed by atoms with Crippen molar-refractivity contribution in [3.05, 3.63) is 35.4 Å². The van der Waals surface area contributed by atoms with Crippen LogP contribution >= 0.6 is 0 Å². The number of aromatic nitrogens is 1. The minimum absolute atomic E-state index is 0.395. The van der Waals surface area contributed by atoms with Crippen molar-refractivity contribution < 1.29 is 9.18 Å². The van der Waals surface area contributed by atoms with E-state index in [2.05, 4.69) is 4.98 Å². The lowest BCUT2D eigenvalue weighted by Crippen LogP contribution is -2.05. The first-order valence-corrected chi connectivity index (χ1v) is 3.69. The minimum Gasteiger partial charge on any atom is -0.366 e. The molecule has 1 rings (SSSR count). The second kappa shape index (κ2) is 3.80. The molecule has 1 aromatic rings. The molecule has 0 aliphatic rings. The molecule has 1 heterocycles. The highest BCUT2D eigenvalue weighted by atomic mass is 19.1. The molecule has 0 atom stereocenters. The van der Waals surface area contributed by atoms with Crippen molar-refractivity contribution in [2.75, 3.05) is 0 Å². The van der Waals surface area contributed by atoms with Crippen LogP contribution in [0.2, 0.25) is 0 Å². The number of carbonyl (C=O) groups excluding carboxylic acids is 1. The van der Waals surface area contributed by atoms with E-state index in [0.717, 1.165) is 6.20 Å². The van der Waals surface area contributed by atoms with Crippen molar-refractivity contribution in [1.29, 1.82) is 0 Å². The molecule has 0 spiro atoms. The van der Waals surface area contributed by atoms with E-state index < -0.39 is 11.7 Å². The van der Waals surface area contributed by atoms with Gasteiger partial charge in [0.25, 0.3) is 0 Å². The lowest BCUT2D eigenvalue weighted by Gasteiger charge is -1.97. The fraction of sp³-hybridized carbons (Fsp3) is 0.111. The van der Waals surface area contributed by atoms with Crippen LogP contribution in [0.5, 0.6) is 0 Å². The Morgan fingerprint density at radius 1 is 1.69 bits per heavy atom.